The summed E-state index contributed by atoms with van der Waals surface area (Å²) in [5, 5.41) is 16.9. The molecule has 0 saturated heterocycles. The molecule has 112 valence electrons. The first-order valence-corrected chi connectivity index (χ1v) is 5.65. The van der Waals surface area contributed by atoms with Crippen molar-refractivity contribution >= 4 is 11.4 Å². The van der Waals surface area contributed by atoms with Gasteiger partial charge in [0.15, 0.2) is 5.76 Å². The van der Waals surface area contributed by atoms with Crippen molar-refractivity contribution in [1.82, 2.24) is 10.1 Å². The summed E-state index contributed by atoms with van der Waals surface area (Å²) in [5.41, 5.74) is -1.48. The van der Waals surface area contributed by atoms with Gasteiger partial charge in [0, 0.05) is 6.07 Å². The van der Waals surface area contributed by atoms with E-state index in [9.17, 15) is 23.3 Å². The second kappa shape index (κ2) is 5.38. The summed E-state index contributed by atoms with van der Waals surface area (Å²) >= 11 is 0. The largest absolute Gasteiger partial charge is 0.433 e. The predicted molar refractivity (Wildman–Crippen MR) is 64.5 cm³/mol. The predicted octanol–water partition coefficient (Wildman–Crippen LogP) is 2.92. The fourth-order valence-corrected chi connectivity index (χ4v) is 1.57. The Morgan fingerprint density at radius 3 is 2.67 bits per heavy atom. The zero-order valence-corrected chi connectivity index (χ0v) is 10.6. The van der Waals surface area contributed by atoms with Crippen LogP contribution >= 0.6 is 0 Å². The number of halogens is 3. The van der Waals surface area contributed by atoms with Gasteiger partial charge < -0.3 is 9.84 Å². The number of pyridine rings is 1. The molecule has 0 atom stereocenters. The van der Waals surface area contributed by atoms with Crippen LogP contribution in [0.3, 0.4) is 0 Å². The average Bonchev–Trinajstić information content (AvgIpc) is 2.80. The highest BCUT2D eigenvalue weighted by Gasteiger charge is 2.34. The lowest BCUT2D eigenvalue weighted by molar-refractivity contribution is -0.384. The van der Waals surface area contributed by atoms with Crippen LogP contribution < -0.4 is 5.32 Å². The van der Waals surface area contributed by atoms with Gasteiger partial charge in [0.1, 0.15) is 17.6 Å². The molecular weight excluding hydrogens is 293 g/mol. The number of hydrogen-bond donors (Lipinski definition) is 1. The van der Waals surface area contributed by atoms with E-state index < -0.39 is 22.5 Å². The Bertz CT molecular complexity index is 669. The lowest BCUT2D eigenvalue weighted by Crippen LogP contribution is -2.10. The minimum absolute atomic E-state index is 0.0387. The third kappa shape index (κ3) is 3.46. The molecule has 0 radical (unpaired) electrons. The molecular formula is C11H9F3N4O3. The molecule has 2 heterocycles. The van der Waals surface area contributed by atoms with Crippen molar-refractivity contribution < 1.29 is 22.6 Å². The third-order valence-corrected chi connectivity index (χ3v) is 2.50. The first kappa shape index (κ1) is 14.8. The maximum atomic E-state index is 12.6. The van der Waals surface area contributed by atoms with E-state index in [4.69, 9.17) is 4.52 Å². The summed E-state index contributed by atoms with van der Waals surface area (Å²) in [6.45, 7) is 1.63. The minimum Gasteiger partial charge on any atom is -0.372 e. The molecule has 0 fully saturated rings. The number of nitrogens with zero attached hydrogens (tertiary/aromatic N) is 3. The van der Waals surface area contributed by atoms with Crippen LogP contribution in [0.25, 0.3) is 0 Å². The van der Waals surface area contributed by atoms with Crippen molar-refractivity contribution in [2.75, 3.05) is 5.32 Å². The topological polar surface area (TPSA) is 94.1 Å². The third-order valence-electron chi connectivity index (χ3n) is 2.50. The number of anilines is 1. The highest BCUT2D eigenvalue weighted by molar-refractivity contribution is 5.61. The molecule has 2 rings (SSSR count). The molecule has 0 aromatic carbocycles. The van der Waals surface area contributed by atoms with Gasteiger partial charge in [-0.2, -0.15) is 13.2 Å². The maximum absolute atomic E-state index is 12.6. The van der Waals surface area contributed by atoms with Crippen molar-refractivity contribution in [3.8, 4) is 0 Å². The molecule has 1 N–H and O–H groups in total. The van der Waals surface area contributed by atoms with Gasteiger partial charge in [0.25, 0.3) is 0 Å². The highest BCUT2D eigenvalue weighted by atomic mass is 19.4. The first-order chi connectivity index (χ1) is 9.77. The van der Waals surface area contributed by atoms with Crippen LogP contribution in [0.5, 0.6) is 0 Å². The molecule has 0 aliphatic heterocycles. The highest BCUT2D eigenvalue weighted by Crippen LogP contribution is 2.33. The van der Waals surface area contributed by atoms with Gasteiger partial charge in [-0.3, -0.25) is 10.1 Å². The van der Waals surface area contributed by atoms with Gasteiger partial charge in [0.05, 0.1) is 17.2 Å². The molecule has 0 spiro atoms. The summed E-state index contributed by atoms with van der Waals surface area (Å²) in [6, 6.07) is 2.14. The molecule has 0 amide bonds. The van der Waals surface area contributed by atoms with E-state index in [2.05, 4.69) is 15.5 Å². The van der Waals surface area contributed by atoms with Gasteiger partial charge in [-0.1, -0.05) is 5.16 Å². The molecule has 0 unspecified atom stereocenters. The summed E-state index contributed by atoms with van der Waals surface area (Å²) in [6.07, 6.45) is -4.12. The minimum atomic E-state index is -4.69. The van der Waals surface area contributed by atoms with Gasteiger partial charge in [-0.05, 0) is 13.0 Å². The number of alkyl halides is 3. The molecule has 0 saturated carbocycles. The second-order valence-electron chi connectivity index (χ2n) is 4.13. The number of aromatic nitrogens is 2. The normalized spacial score (nSPS) is 11.4. The van der Waals surface area contributed by atoms with E-state index in [-0.39, 0.29) is 12.2 Å². The molecule has 2 aromatic rings. The Hall–Kier alpha value is -2.65. The van der Waals surface area contributed by atoms with Crippen molar-refractivity contribution in [3.63, 3.8) is 0 Å². The van der Waals surface area contributed by atoms with Crippen LogP contribution in [-0.4, -0.2) is 15.1 Å². The fourth-order valence-electron chi connectivity index (χ4n) is 1.57. The Morgan fingerprint density at radius 2 is 2.14 bits per heavy atom. The molecule has 2 aromatic heterocycles. The van der Waals surface area contributed by atoms with Gasteiger partial charge in [-0.25, -0.2) is 4.98 Å². The van der Waals surface area contributed by atoms with Crippen LogP contribution in [0.1, 0.15) is 17.1 Å². The fraction of sp³-hybridized carbons (Fsp3) is 0.273. The lowest BCUT2D eigenvalue weighted by atomic mass is 10.2. The summed E-state index contributed by atoms with van der Waals surface area (Å²) in [4.78, 5) is 13.0. The van der Waals surface area contributed by atoms with Gasteiger partial charge in [-0.15, -0.1) is 0 Å². The number of nitrogens with one attached hydrogen (secondary N) is 1. The van der Waals surface area contributed by atoms with Crippen LogP contribution in [0.2, 0.25) is 0 Å². The molecule has 7 nitrogen and oxygen atoms in total. The van der Waals surface area contributed by atoms with Crippen molar-refractivity contribution in [3.05, 3.63) is 45.6 Å². The molecule has 21 heavy (non-hydrogen) atoms. The van der Waals surface area contributed by atoms with E-state index in [1.54, 1.807) is 13.0 Å². The Labute approximate surface area is 115 Å². The van der Waals surface area contributed by atoms with E-state index >= 15 is 0 Å². The smallest absolute Gasteiger partial charge is 0.372 e. The van der Waals surface area contributed by atoms with E-state index in [1.165, 1.54) is 0 Å². The molecule has 0 aliphatic rings. The summed E-state index contributed by atoms with van der Waals surface area (Å²) < 4.78 is 42.6. The zero-order valence-electron chi connectivity index (χ0n) is 10.6. The standard InChI is InChI=1S/C11H9F3N4O3/c1-6-2-7(21-17-6)4-15-8-3-10(11(12,13)14)16-5-9(8)18(19)20/h2-3,5H,4H2,1H3,(H,15,16). The summed E-state index contributed by atoms with van der Waals surface area (Å²) in [5.74, 6) is 0.340. The van der Waals surface area contributed by atoms with E-state index in [0.717, 1.165) is 0 Å². The van der Waals surface area contributed by atoms with Crippen LogP contribution in [-0.2, 0) is 12.7 Å². The Kier molecular flexibility index (Phi) is 3.78. The number of rotatable bonds is 4. The van der Waals surface area contributed by atoms with Crippen LogP contribution in [0.15, 0.2) is 22.9 Å². The van der Waals surface area contributed by atoms with Crippen molar-refractivity contribution in [2.45, 2.75) is 19.6 Å². The summed E-state index contributed by atoms with van der Waals surface area (Å²) in [7, 11) is 0. The van der Waals surface area contributed by atoms with Gasteiger partial charge >= 0.3 is 11.9 Å². The molecule has 0 bridgehead atoms. The molecule has 10 heteroatoms. The Morgan fingerprint density at radius 1 is 1.43 bits per heavy atom. The van der Waals surface area contributed by atoms with E-state index in [0.29, 0.717) is 23.7 Å². The molecule has 0 aliphatic carbocycles. The number of nitro groups is 1. The van der Waals surface area contributed by atoms with Gasteiger partial charge in [0.2, 0.25) is 0 Å². The maximum Gasteiger partial charge on any atom is 0.433 e. The monoisotopic (exact) mass is 302 g/mol. The van der Waals surface area contributed by atoms with Crippen molar-refractivity contribution in [2.24, 2.45) is 0 Å². The number of aryl methyl sites for hydroxylation is 1. The quantitative estimate of drug-likeness (QED) is 0.689. The van der Waals surface area contributed by atoms with Crippen LogP contribution in [0, 0.1) is 17.0 Å². The number of hydrogen-bond acceptors (Lipinski definition) is 6. The second-order valence-corrected chi connectivity index (χ2v) is 4.13. The first-order valence-electron chi connectivity index (χ1n) is 5.65. The Balaban J connectivity index is 2.28. The zero-order chi connectivity index (χ0) is 15.6. The average molecular weight is 302 g/mol. The van der Waals surface area contributed by atoms with E-state index in [1.807, 2.05) is 0 Å². The SMILES string of the molecule is Cc1cc(CNc2cc(C(F)(F)F)ncc2[N+](=O)[O-])on1. The van der Waals surface area contributed by atoms with Crippen LogP contribution in [0.4, 0.5) is 24.5 Å². The lowest BCUT2D eigenvalue weighted by Gasteiger charge is -2.09. The van der Waals surface area contributed by atoms with Crippen molar-refractivity contribution in [1.29, 1.82) is 0 Å².